The number of hydrogen-bond donors (Lipinski definition) is 2. The van der Waals surface area contributed by atoms with E-state index in [1.54, 1.807) is 25.0 Å². The van der Waals surface area contributed by atoms with Crippen molar-refractivity contribution in [3.8, 4) is 28.8 Å². The molecular weight excluding hydrogens is 454 g/mol. The van der Waals surface area contributed by atoms with E-state index in [1.807, 2.05) is 63.2 Å². The lowest BCUT2D eigenvalue weighted by atomic mass is 10.1. The molecule has 0 bridgehead atoms. The highest BCUT2D eigenvalue weighted by atomic mass is 32.2. The lowest BCUT2D eigenvalue weighted by molar-refractivity contribution is 0.175. The summed E-state index contributed by atoms with van der Waals surface area (Å²) < 4.78 is 22.1. The number of anilines is 1. The van der Waals surface area contributed by atoms with Crippen LogP contribution in [0.2, 0.25) is 0 Å². The van der Waals surface area contributed by atoms with E-state index in [0.717, 1.165) is 11.3 Å². The zero-order valence-corrected chi connectivity index (χ0v) is 20.5. The Kier molecular flexibility index (Phi) is 7.09. The van der Waals surface area contributed by atoms with E-state index >= 15 is 0 Å². The normalized spacial score (nSPS) is 12.9. The van der Waals surface area contributed by atoms with Gasteiger partial charge in [-0.2, -0.15) is 0 Å². The van der Waals surface area contributed by atoms with E-state index in [0.29, 0.717) is 40.4 Å². The van der Waals surface area contributed by atoms with Crippen LogP contribution in [0.1, 0.15) is 30.0 Å². The summed E-state index contributed by atoms with van der Waals surface area (Å²) >= 11 is 1.31. The Morgan fingerprint density at radius 2 is 1.76 bits per heavy atom. The number of furan rings is 1. The number of nitrogens with one attached hydrogen (secondary N) is 1. The van der Waals surface area contributed by atoms with Crippen LogP contribution in [0.3, 0.4) is 0 Å². The molecule has 4 aromatic rings. The van der Waals surface area contributed by atoms with Crippen LogP contribution in [0.25, 0.3) is 17.3 Å². The van der Waals surface area contributed by atoms with Crippen LogP contribution in [0, 0.1) is 13.8 Å². The van der Waals surface area contributed by atoms with E-state index in [4.69, 9.17) is 13.9 Å². The highest BCUT2D eigenvalue weighted by molar-refractivity contribution is 8.01. The predicted molar refractivity (Wildman–Crippen MR) is 132 cm³/mol. The number of hydrogen-bond acceptors (Lipinski definition) is 9. The minimum absolute atomic E-state index is 0.241. The topological polar surface area (TPSA) is 107 Å². The Morgan fingerprint density at radius 1 is 1.03 bits per heavy atom. The zero-order chi connectivity index (χ0) is 24.2. The van der Waals surface area contributed by atoms with Crippen LogP contribution in [0.4, 0.5) is 5.95 Å². The van der Waals surface area contributed by atoms with Gasteiger partial charge in [-0.25, -0.2) is 0 Å². The number of aryl methyl sites for hydroxylation is 2. The van der Waals surface area contributed by atoms with Crippen molar-refractivity contribution in [1.82, 2.24) is 19.7 Å². The van der Waals surface area contributed by atoms with Gasteiger partial charge in [0.05, 0.1) is 25.2 Å². The number of methoxy groups -OCH3 is 2. The van der Waals surface area contributed by atoms with Gasteiger partial charge in [0, 0.05) is 6.20 Å². The smallest absolute Gasteiger partial charge is 0.239 e. The molecule has 0 saturated heterocycles. The lowest BCUT2D eigenvalue weighted by Gasteiger charge is -2.20. The first-order chi connectivity index (χ1) is 16.4. The minimum Gasteiger partial charge on any atom is -0.494 e. The summed E-state index contributed by atoms with van der Waals surface area (Å²) in [6, 6.07) is 13.0. The molecule has 2 atom stereocenters. The Labute approximate surface area is 202 Å². The molecule has 2 unspecified atom stereocenters. The van der Waals surface area contributed by atoms with Crippen molar-refractivity contribution in [2.45, 2.75) is 32.1 Å². The average molecular weight is 482 g/mol. The number of benzene rings is 1. The first-order valence-corrected chi connectivity index (χ1v) is 11.6. The molecule has 4 rings (SSSR count). The Morgan fingerprint density at radius 3 is 2.35 bits per heavy atom. The summed E-state index contributed by atoms with van der Waals surface area (Å²) in [4.78, 5) is 4.34. The van der Waals surface area contributed by atoms with Gasteiger partial charge in [0.25, 0.3) is 0 Å². The molecule has 0 aliphatic heterocycles. The molecule has 0 saturated carbocycles. The summed E-state index contributed by atoms with van der Waals surface area (Å²) in [5.41, 5.74) is 2.26. The van der Waals surface area contributed by atoms with Crippen molar-refractivity contribution in [3.05, 3.63) is 65.7 Å². The van der Waals surface area contributed by atoms with Gasteiger partial charge in [-0.3, -0.25) is 14.3 Å². The van der Waals surface area contributed by atoms with Gasteiger partial charge in [-0.15, -0.1) is 10.2 Å². The Balaban J connectivity index is 1.70. The predicted octanol–water partition coefficient (Wildman–Crippen LogP) is 4.74. The molecule has 0 fully saturated rings. The van der Waals surface area contributed by atoms with Crippen molar-refractivity contribution in [2.24, 2.45) is 0 Å². The number of para-hydroxylation sites is 1. The van der Waals surface area contributed by atoms with Crippen LogP contribution >= 0.6 is 11.9 Å². The standard InChI is InChI=1S/C24H27N5O4S/c1-14-9-11-17(25-13-14)22(30)16(3)34-28-24-27-26-23(20-12-10-15(2)33-20)29(24)21-18(31-4)7-6-8-19(21)32-5/h6-13,16,22,30H,1-5H3,(H,27,28). The number of rotatable bonds is 9. The molecule has 0 amide bonds. The fraction of sp³-hybridized carbons (Fsp3) is 0.292. The Bertz CT molecular complexity index is 1230. The molecule has 9 nitrogen and oxygen atoms in total. The maximum atomic E-state index is 10.8. The average Bonchev–Trinajstić information content (AvgIpc) is 3.47. The lowest BCUT2D eigenvalue weighted by Crippen LogP contribution is -2.15. The number of pyridine rings is 1. The maximum absolute atomic E-state index is 10.8. The third kappa shape index (κ3) is 4.73. The van der Waals surface area contributed by atoms with Gasteiger partial charge in [0.15, 0.2) is 5.76 Å². The molecule has 2 N–H and O–H groups in total. The summed E-state index contributed by atoms with van der Waals surface area (Å²) in [6.45, 7) is 5.73. The molecule has 1 aromatic carbocycles. The van der Waals surface area contributed by atoms with Gasteiger partial charge >= 0.3 is 0 Å². The maximum Gasteiger partial charge on any atom is 0.239 e. The van der Waals surface area contributed by atoms with Gasteiger partial charge < -0.3 is 19.0 Å². The first-order valence-electron chi connectivity index (χ1n) is 10.7. The van der Waals surface area contributed by atoms with Crippen molar-refractivity contribution in [2.75, 3.05) is 18.9 Å². The number of nitrogens with zero attached hydrogens (tertiary/aromatic N) is 4. The summed E-state index contributed by atoms with van der Waals surface area (Å²) in [5, 5.41) is 19.3. The molecule has 10 heteroatoms. The minimum atomic E-state index is -0.775. The van der Waals surface area contributed by atoms with Gasteiger partial charge in [-0.1, -0.05) is 12.1 Å². The number of ether oxygens (including phenoxy) is 2. The van der Waals surface area contributed by atoms with E-state index in [9.17, 15) is 5.11 Å². The van der Waals surface area contributed by atoms with E-state index in [-0.39, 0.29) is 5.25 Å². The molecule has 0 radical (unpaired) electrons. The van der Waals surface area contributed by atoms with Crippen molar-refractivity contribution < 1.29 is 19.0 Å². The second kappa shape index (κ2) is 10.2. The molecule has 3 aromatic heterocycles. The van der Waals surface area contributed by atoms with Crippen LogP contribution < -0.4 is 14.2 Å². The highest BCUT2D eigenvalue weighted by Gasteiger charge is 2.25. The second-order valence-electron chi connectivity index (χ2n) is 7.73. The summed E-state index contributed by atoms with van der Waals surface area (Å²) in [7, 11) is 3.18. The van der Waals surface area contributed by atoms with Crippen molar-refractivity contribution in [3.63, 3.8) is 0 Å². The van der Waals surface area contributed by atoms with E-state index in [1.165, 1.54) is 11.9 Å². The summed E-state index contributed by atoms with van der Waals surface area (Å²) in [6.07, 6.45) is 0.966. The monoisotopic (exact) mass is 481 g/mol. The fourth-order valence-electron chi connectivity index (χ4n) is 3.43. The number of aliphatic hydroxyl groups is 1. The molecule has 0 aliphatic carbocycles. The largest absolute Gasteiger partial charge is 0.494 e. The van der Waals surface area contributed by atoms with Crippen molar-refractivity contribution >= 4 is 17.9 Å². The van der Waals surface area contributed by atoms with Gasteiger partial charge in [-0.05, 0) is 68.6 Å². The van der Waals surface area contributed by atoms with Crippen LogP contribution in [-0.4, -0.2) is 44.3 Å². The van der Waals surface area contributed by atoms with E-state index in [2.05, 4.69) is 19.9 Å². The van der Waals surface area contributed by atoms with Crippen LogP contribution in [0.5, 0.6) is 11.5 Å². The third-order valence-electron chi connectivity index (χ3n) is 5.27. The molecular formula is C24H27N5O4S. The third-order valence-corrected chi connectivity index (χ3v) is 6.20. The molecule has 34 heavy (non-hydrogen) atoms. The second-order valence-corrected chi connectivity index (χ2v) is 8.92. The number of aromatic nitrogens is 4. The molecule has 3 heterocycles. The van der Waals surface area contributed by atoms with Gasteiger partial charge in [0.2, 0.25) is 11.8 Å². The van der Waals surface area contributed by atoms with Crippen LogP contribution in [0.15, 0.2) is 53.1 Å². The fourth-order valence-corrected chi connectivity index (χ4v) is 4.13. The SMILES string of the molecule is COc1cccc(OC)c1-n1c(NSC(C)C(O)c2ccc(C)cn2)nnc1-c1ccc(C)o1. The van der Waals surface area contributed by atoms with Crippen molar-refractivity contribution in [1.29, 1.82) is 0 Å². The number of aliphatic hydroxyl groups excluding tert-OH is 1. The quantitative estimate of drug-likeness (QED) is 0.328. The van der Waals surface area contributed by atoms with E-state index < -0.39 is 6.10 Å². The van der Waals surface area contributed by atoms with Gasteiger partial charge in [0.1, 0.15) is 29.1 Å². The molecule has 0 aliphatic rings. The zero-order valence-electron chi connectivity index (χ0n) is 19.6. The van der Waals surface area contributed by atoms with Crippen LogP contribution in [-0.2, 0) is 0 Å². The summed E-state index contributed by atoms with van der Waals surface area (Å²) in [5.74, 6) is 3.36. The Hall–Kier alpha value is -3.50. The first kappa shape index (κ1) is 23.7. The highest BCUT2D eigenvalue weighted by Crippen LogP contribution is 2.38. The molecule has 178 valence electrons. The molecule has 0 spiro atoms.